The van der Waals surface area contributed by atoms with Crippen molar-refractivity contribution < 1.29 is 4.74 Å². The summed E-state index contributed by atoms with van der Waals surface area (Å²) >= 11 is 3.42. The summed E-state index contributed by atoms with van der Waals surface area (Å²) in [6, 6.07) is 11.2. The van der Waals surface area contributed by atoms with Crippen LogP contribution in [0.4, 0.5) is 5.69 Å². The average Bonchev–Trinajstić information content (AvgIpc) is 2.84. The predicted molar refractivity (Wildman–Crippen MR) is 73.8 cm³/mol. The van der Waals surface area contributed by atoms with E-state index in [-0.39, 0.29) is 0 Å². The first kappa shape index (κ1) is 11.1. The number of aromatic nitrogens is 2. The summed E-state index contributed by atoms with van der Waals surface area (Å²) in [5, 5.41) is 0. The molecular weight excluding hydrogens is 294 g/mol. The first-order valence-electron chi connectivity index (χ1n) is 5.39. The largest absolute Gasteiger partial charge is 0.439 e. The Morgan fingerprint density at radius 1 is 1.17 bits per heavy atom. The van der Waals surface area contributed by atoms with Gasteiger partial charge in [0.05, 0.1) is 4.47 Å². The highest BCUT2D eigenvalue weighted by molar-refractivity contribution is 9.10. The molecule has 0 atom stereocenters. The lowest BCUT2D eigenvalue weighted by Gasteiger charge is -2.10. The van der Waals surface area contributed by atoms with Gasteiger partial charge in [-0.05, 0) is 40.2 Å². The zero-order valence-corrected chi connectivity index (χ0v) is 11.0. The standard InChI is InChI=1S/C13H10BrN3O/c14-13-9(15)3-1-4-10(13)18-12-6-2-5-11-16-7-8-17(11)12/h1-8H,15H2. The van der Waals surface area contributed by atoms with Crippen molar-refractivity contribution in [2.45, 2.75) is 0 Å². The number of benzene rings is 1. The van der Waals surface area contributed by atoms with E-state index in [4.69, 9.17) is 10.5 Å². The van der Waals surface area contributed by atoms with E-state index < -0.39 is 0 Å². The monoisotopic (exact) mass is 303 g/mol. The number of pyridine rings is 1. The average molecular weight is 304 g/mol. The number of fused-ring (bicyclic) bond motifs is 1. The van der Waals surface area contributed by atoms with Crippen LogP contribution in [0.2, 0.25) is 0 Å². The van der Waals surface area contributed by atoms with Gasteiger partial charge in [-0.15, -0.1) is 0 Å². The molecule has 0 aliphatic rings. The summed E-state index contributed by atoms with van der Waals surface area (Å²) in [5.74, 6) is 1.37. The molecule has 2 heterocycles. The van der Waals surface area contributed by atoms with Crippen molar-refractivity contribution in [3.8, 4) is 11.6 Å². The van der Waals surface area contributed by atoms with Crippen molar-refractivity contribution in [2.75, 3.05) is 5.73 Å². The van der Waals surface area contributed by atoms with E-state index >= 15 is 0 Å². The van der Waals surface area contributed by atoms with Gasteiger partial charge in [-0.3, -0.25) is 4.40 Å². The van der Waals surface area contributed by atoms with E-state index in [9.17, 15) is 0 Å². The molecule has 0 radical (unpaired) electrons. The van der Waals surface area contributed by atoms with Crippen LogP contribution in [-0.2, 0) is 0 Å². The van der Waals surface area contributed by atoms with Gasteiger partial charge in [-0.1, -0.05) is 12.1 Å². The molecule has 0 saturated heterocycles. The van der Waals surface area contributed by atoms with E-state index in [0.717, 1.165) is 10.1 Å². The normalized spacial score (nSPS) is 10.7. The SMILES string of the molecule is Nc1cccc(Oc2cccc3nccn23)c1Br. The summed E-state index contributed by atoms with van der Waals surface area (Å²) in [5.41, 5.74) is 7.31. The zero-order valence-electron chi connectivity index (χ0n) is 9.38. The summed E-state index contributed by atoms with van der Waals surface area (Å²) in [7, 11) is 0. The third-order valence-electron chi connectivity index (χ3n) is 2.60. The molecule has 5 heteroatoms. The number of hydrogen-bond donors (Lipinski definition) is 1. The summed E-state index contributed by atoms with van der Waals surface area (Å²) in [4.78, 5) is 4.21. The Kier molecular flexibility index (Phi) is 2.68. The van der Waals surface area contributed by atoms with Gasteiger partial charge in [0.1, 0.15) is 11.4 Å². The van der Waals surface area contributed by atoms with E-state index in [2.05, 4.69) is 20.9 Å². The molecule has 3 aromatic rings. The lowest BCUT2D eigenvalue weighted by Crippen LogP contribution is -1.95. The van der Waals surface area contributed by atoms with Crippen LogP contribution in [0, 0.1) is 0 Å². The second kappa shape index (κ2) is 4.34. The first-order valence-corrected chi connectivity index (χ1v) is 6.19. The van der Waals surface area contributed by atoms with Crippen LogP contribution in [0.25, 0.3) is 5.65 Å². The fourth-order valence-corrected chi connectivity index (χ4v) is 2.07. The van der Waals surface area contributed by atoms with Crippen molar-refractivity contribution in [3.05, 3.63) is 53.3 Å². The van der Waals surface area contributed by atoms with Gasteiger partial charge >= 0.3 is 0 Å². The van der Waals surface area contributed by atoms with Crippen molar-refractivity contribution in [1.29, 1.82) is 0 Å². The quantitative estimate of drug-likeness (QED) is 0.738. The molecule has 0 aliphatic carbocycles. The second-order valence-electron chi connectivity index (χ2n) is 3.78. The Morgan fingerprint density at radius 3 is 2.89 bits per heavy atom. The summed E-state index contributed by atoms with van der Waals surface area (Å²) in [6.45, 7) is 0. The Balaban J connectivity index is 2.06. The van der Waals surface area contributed by atoms with Gasteiger partial charge in [0, 0.05) is 18.1 Å². The third-order valence-corrected chi connectivity index (χ3v) is 3.45. The molecule has 2 aromatic heterocycles. The number of anilines is 1. The molecule has 2 N–H and O–H groups in total. The van der Waals surface area contributed by atoms with Crippen LogP contribution < -0.4 is 10.5 Å². The van der Waals surface area contributed by atoms with E-state index in [1.54, 1.807) is 6.20 Å². The van der Waals surface area contributed by atoms with Crippen LogP contribution in [0.15, 0.2) is 53.3 Å². The van der Waals surface area contributed by atoms with E-state index in [1.807, 2.05) is 47.0 Å². The zero-order chi connectivity index (χ0) is 12.5. The van der Waals surface area contributed by atoms with Crippen molar-refractivity contribution in [3.63, 3.8) is 0 Å². The molecule has 0 aliphatic heterocycles. The van der Waals surface area contributed by atoms with Gasteiger partial charge in [0.25, 0.3) is 0 Å². The van der Waals surface area contributed by atoms with Crippen LogP contribution in [-0.4, -0.2) is 9.38 Å². The molecule has 18 heavy (non-hydrogen) atoms. The Hall–Kier alpha value is -2.01. The number of halogens is 1. The minimum atomic E-state index is 0.644. The molecule has 1 aromatic carbocycles. The molecule has 0 fully saturated rings. The second-order valence-corrected chi connectivity index (χ2v) is 4.57. The predicted octanol–water partition coefficient (Wildman–Crippen LogP) is 3.47. The lowest BCUT2D eigenvalue weighted by molar-refractivity contribution is 0.454. The molecule has 0 amide bonds. The van der Waals surface area contributed by atoms with E-state index in [1.165, 1.54) is 0 Å². The Labute approximate surface area is 112 Å². The van der Waals surface area contributed by atoms with Gasteiger partial charge < -0.3 is 10.5 Å². The van der Waals surface area contributed by atoms with Crippen LogP contribution >= 0.6 is 15.9 Å². The molecule has 0 unspecified atom stereocenters. The van der Waals surface area contributed by atoms with Gasteiger partial charge in [-0.25, -0.2) is 4.98 Å². The number of ether oxygens (including phenoxy) is 1. The van der Waals surface area contributed by atoms with Crippen molar-refractivity contribution in [2.24, 2.45) is 0 Å². The maximum Gasteiger partial charge on any atom is 0.205 e. The summed E-state index contributed by atoms with van der Waals surface area (Å²) < 4.78 is 8.48. The molecule has 90 valence electrons. The maximum absolute atomic E-state index is 5.86. The van der Waals surface area contributed by atoms with Crippen LogP contribution in [0.1, 0.15) is 0 Å². The molecule has 0 bridgehead atoms. The number of nitrogens with two attached hydrogens (primary N) is 1. The first-order chi connectivity index (χ1) is 8.75. The Morgan fingerprint density at radius 2 is 2.00 bits per heavy atom. The molecule has 0 spiro atoms. The molecule has 0 saturated carbocycles. The minimum Gasteiger partial charge on any atom is -0.439 e. The maximum atomic E-state index is 5.86. The lowest BCUT2D eigenvalue weighted by atomic mass is 10.3. The smallest absolute Gasteiger partial charge is 0.205 e. The number of hydrogen-bond acceptors (Lipinski definition) is 3. The third kappa shape index (κ3) is 1.82. The fraction of sp³-hybridized carbons (Fsp3) is 0. The number of nitrogen functional groups attached to an aromatic ring is 1. The van der Waals surface area contributed by atoms with Crippen LogP contribution in [0.5, 0.6) is 11.6 Å². The topological polar surface area (TPSA) is 52.5 Å². The molecule has 4 nitrogen and oxygen atoms in total. The minimum absolute atomic E-state index is 0.644. The number of rotatable bonds is 2. The number of nitrogens with zero attached hydrogens (tertiary/aromatic N) is 2. The van der Waals surface area contributed by atoms with Crippen LogP contribution in [0.3, 0.4) is 0 Å². The van der Waals surface area contributed by atoms with Gasteiger partial charge in [-0.2, -0.15) is 0 Å². The van der Waals surface area contributed by atoms with Crippen molar-refractivity contribution >= 4 is 27.3 Å². The highest BCUT2D eigenvalue weighted by Crippen LogP contribution is 2.33. The van der Waals surface area contributed by atoms with Gasteiger partial charge in [0.15, 0.2) is 0 Å². The van der Waals surface area contributed by atoms with Crippen molar-refractivity contribution in [1.82, 2.24) is 9.38 Å². The highest BCUT2D eigenvalue weighted by Gasteiger charge is 2.07. The molecular formula is C13H10BrN3O. The number of imidazole rings is 1. The van der Waals surface area contributed by atoms with E-state index in [0.29, 0.717) is 17.3 Å². The Bertz CT molecular complexity index is 708. The summed E-state index contributed by atoms with van der Waals surface area (Å²) in [6.07, 6.45) is 3.58. The fourth-order valence-electron chi connectivity index (χ4n) is 1.72. The molecule has 3 rings (SSSR count). The highest BCUT2D eigenvalue weighted by atomic mass is 79.9. The van der Waals surface area contributed by atoms with Gasteiger partial charge in [0.2, 0.25) is 5.88 Å².